The summed E-state index contributed by atoms with van der Waals surface area (Å²) in [6, 6.07) is 11.5. The van der Waals surface area contributed by atoms with Crippen LogP contribution in [0.3, 0.4) is 0 Å². The number of hydrogen-bond acceptors (Lipinski definition) is 3. The highest BCUT2D eigenvalue weighted by Crippen LogP contribution is 2.27. The largest absolute Gasteiger partial charge is 0.494 e. The van der Waals surface area contributed by atoms with Gasteiger partial charge in [0.25, 0.3) is 0 Å². The number of ether oxygens (including phenoxy) is 1. The Kier molecular flexibility index (Phi) is 2.83. The van der Waals surface area contributed by atoms with Gasteiger partial charge >= 0.3 is 0 Å². The molecule has 0 aliphatic rings. The molecule has 2 aromatic heterocycles. The van der Waals surface area contributed by atoms with Crippen molar-refractivity contribution in [2.75, 3.05) is 6.61 Å². The molecule has 0 saturated carbocycles. The van der Waals surface area contributed by atoms with Gasteiger partial charge in [0.05, 0.1) is 18.5 Å². The summed E-state index contributed by atoms with van der Waals surface area (Å²) in [6.45, 7) is 2.60. The summed E-state index contributed by atoms with van der Waals surface area (Å²) in [7, 11) is 0. The van der Waals surface area contributed by atoms with Gasteiger partial charge in [-0.05, 0) is 43.3 Å². The molecular weight excluding hydrogens is 240 g/mol. The van der Waals surface area contributed by atoms with E-state index in [0.717, 1.165) is 27.1 Å². The molecule has 1 aromatic carbocycles. The van der Waals surface area contributed by atoms with Crippen molar-refractivity contribution >= 4 is 10.9 Å². The van der Waals surface area contributed by atoms with Crippen molar-refractivity contribution in [2.24, 2.45) is 0 Å². The van der Waals surface area contributed by atoms with Crippen molar-refractivity contribution in [1.82, 2.24) is 9.71 Å². The van der Waals surface area contributed by atoms with Crippen LogP contribution in [0, 0.1) is 0 Å². The number of pyridine rings is 1. The number of benzene rings is 1. The Morgan fingerprint density at radius 3 is 2.68 bits per heavy atom. The van der Waals surface area contributed by atoms with Crippen LogP contribution in [-0.4, -0.2) is 21.5 Å². The second-order valence-electron chi connectivity index (χ2n) is 4.23. The lowest BCUT2D eigenvalue weighted by Gasteiger charge is -2.05. The van der Waals surface area contributed by atoms with Crippen LogP contribution < -0.4 is 4.74 Å². The van der Waals surface area contributed by atoms with E-state index in [1.165, 1.54) is 0 Å². The first-order chi connectivity index (χ1) is 9.29. The smallest absolute Gasteiger partial charge is 0.119 e. The molecule has 0 fully saturated rings. The third kappa shape index (κ3) is 2.01. The molecular formula is C15H14N2O2. The first-order valence-electron chi connectivity index (χ1n) is 6.17. The van der Waals surface area contributed by atoms with Crippen LogP contribution in [0.2, 0.25) is 0 Å². The Balaban J connectivity index is 2.06. The van der Waals surface area contributed by atoms with Crippen LogP contribution in [0.4, 0.5) is 0 Å². The maximum Gasteiger partial charge on any atom is 0.119 e. The zero-order valence-corrected chi connectivity index (χ0v) is 10.6. The second kappa shape index (κ2) is 4.65. The summed E-state index contributed by atoms with van der Waals surface area (Å²) in [6.07, 6.45) is 3.36. The Bertz CT molecular complexity index is 702. The van der Waals surface area contributed by atoms with E-state index in [4.69, 9.17) is 4.74 Å². The highest BCUT2D eigenvalue weighted by Gasteiger charge is 2.09. The Labute approximate surface area is 110 Å². The van der Waals surface area contributed by atoms with Gasteiger partial charge in [-0.1, -0.05) is 0 Å². The van der Waals surface area contributed by atoms with E-state index in [2.05, 4.69) is 4.98 Å². The molecule has 0 unspecified atom stereocenters. The van der Waals surface area contributed by atoms with Gasteiger partial charge in [0.2, 0.25) is 0 Å². The molecule has 2 heterocycles. The normalized spacial score (nSPS) is 10.8. The van der Waals surface area contributed by atoms with Crippen molar-refractivity contribution < 1.29 is 9.94 Å². The van der Waals surface area contributed by atoms with Gasteiger partial charge in [-0.15, -0.1) is 0 Å². The summed E-state index contributed by atoms with van der Waals surface area (Å²) in [5.74, 6) is 0.827. The highest BCUT2D eigenvalue weighted by atomic mass is 16.5. The predicted molar refractivity (Wildman–Crippen MR) is 73.5 cm³/mol. The molecule has 96 valence electrons. The van der Waals surface area contributed by atoms with E-state index < -0.39 is 0 Å². The predicted octanol–water partition coefficient (Wildman–Crippen LogP) is 3.34. The molecule has 3 rings (SSSR count). The highest BCUT2D eigenvalue weighted by molar-refractivity contribution is 5.85. The SMILES string of the molecule is CCOc1ccc(-c2cc3ccncc3n2O)cc1. The maximum absolute atomic E-state index is 10.2. The van der Waals surface area contributed by atoms with Crippen LogP contribution in [-0.2, 0) is 0 Å². The lowest BCUT2D eigenvalue weighted by Crippen LogP contribution is -1.94. The number of hydrogen-bond donors (Lipinski definition) is 1. The zero-order chi connectivity index (χ0) is 13.2. The molecule has 0 amide bonds. The minimum atomic E-state index is 0.644. The maximum atomic E-state index is 10.2. The van der Waals surface area contributed by atoms with Crippen LogP contribution in [0.5, 0.6) is 5.75 Å². The minimum absolute atomic E-state index is 0.644. The lowest BCUT2D eigenvalue weighted by atomic mass is 10.1. The van der Waals surface area contributed by atoms with E-state index in [1.54, 1.807) is 12.4 Å². The Morgan fingerprint density at radius 2 is 2.00 bits per heavy atom. The third-order valence-corrected chi connectivity index (χ3v) is 3.04. The fourth-order valence-electron chi connectivity index (χ4n) is 2.13. The van der Waals surface area contributed by atoms with E-state index in [1.807, 2.05) is 43.3 Å². The minimum Gasteiger partial charge on any atom is -0.494 e. The van der Waals surface area contributed by atoms with E-state index in [9.17, 15) is 5.21 Å². The van der Waals surface area contributed by atoms with E-state index in [0.29, 0.717) is 12.1 Å². The molecule has 0 aliphatic carbocycles. The summed E-state index contributed by atoms with van der Waals surface area (Å²) in [5, 5.41) is 11.1. The van der Waals surface area contributed by atoms with Gasteiger partial charge in [0, 0.05) is 17.1 Å². The summed E-state index contributed by atoms with van der Waals surface area (Å²) in [4.78, 5) is 4.02. The fourth-order valence-corrected chi connectivity index (χ4v) is 2.13. The summed E-state index contributed by atoms with van der Waals surface area (Å²) in [5.41, 5.74) is 2.37. The molecule has 1 N–H and O–H groups in total. The average molecular weight is 254 g/mol. The zero-order valence-electron chi connectivity index (χ0n) is 10.6. The van der Waals surface area contributed by atoms with Crippen molar-refractivity contribution in [2.45, 2.75) is 6.92 Å². The third-order valence-electron chi connectivity index (χ3n) is 3.04. The molecule has 3 aromatic rings. The van der Waals surface area contributed by atoms with Crippen molar-refractivity contribution in [1.29, 1.82) is 0 Å². The molecule has 0 bridgehead atoms. The van der Waals surface area contributed by atoms with Crippen LogP contribution in [0.15, 0.2) is 48.8 Å². The topological polar surface area (TPSA) is 47.3 Å². The molecule has 4 heteroatoms. The Hall–Kier alpha value is -2.49. The van der Waals surface area contributed by atoms with Crippen molar-refractivity contribution in [3.05, 3.63) is 48.8 Å². The van der Waals surface area contributed by atoms with Gasteiger partial charge in [-0.3, -0.25) is 4.98 Å². The second-order valence-corrected chi connectivity index (χ2v) is 4.23. The monoisotopic (exact) mass is 254 g/mol. The van der Waals surface area contributed by atoms with E-state index >= 15 is 0 Å². The molecule has 19 heavy (non-hydrogen) atoms. The number of aromatic nitrogens is 2. The van der Waals surface area contributed by atoms with Crippen molar-refractivity contribution in [3.63, 3.8) is 0 Å². The molecule has 0 aliphatic heterocycles. The first-order valence-corrected chi connectivity index (χ1v) is 6.17. The molecule has 0 radical (unpaired) electrons. The molecule has 0 atom stereocenters. The van der Waals surface area contributed by atoms with E-state index in [-0.39, 0.29) is 0 Å². The lowest BCUT2D eigenvalue weighted by molar-refractivity contribution is 0.204. The quantitative estimate of drug-likeness (QED) is 0.729. The van der Waals surface area contributed by atoms with Gasteiger partial charge in [0.1, 0.15) is 11.3 Å². The first kappa shape index (κ1) is 11.6. The van der Waals surface area contributed by atoms with Gasteiger partial charge in [0.15, 0.2) is 0 Å². The van der Waals surface area contributed by atoms with Crippen LogP contribution >= 0.6 is 0 Å². The standard InChI is InChI=1S/C15H14N2O2/c1-2-19-13-5-3-11(4-6-13)14-9-12-7-8-16-10-15(12)17(14)18/h3-10,18H,2H2,1H3. The summed E-state index contributed by atoms with van der Waals surface area (Å²) < 4.78 is 6.57. The Morgan fingerprint density at radius 1 is 1.21 bits per heavy atom. The van der Waals surface area contributed by atoms with Crippen LogP contribution in [0.1, 0.15) is 6.92 Å². The molecule has 0 saturated heterocycles. The molecule has 0 spiro atoms. The molecule has 4 nitrogen and oxygen atoms in total. The van der Waals surface area contributed by atoms with Gasteiger partial charge in [-0.25, -0.2) is 0 Å². The van der Waals surface area contributed by atoms with Crippen LogP contribution in [0.25, 0.3) is 22.2 Å². The summed E-state index contributed by atoms with van der Waals surface area (Å²) >= 11 is 0. The average Bonchev–Trinajstić information content (AvgIpc) is 2.78. The number of nitrogens with zero attached hydrogens (tertiary/aromatic N) is 2. The number of fused-ring (bicyclic) bond motifs is 1. The van der Waals surface area contributed by atoms with Gasteiger partial charge < -0.3 is 9.94 Å². The number of rotatable bonds is 3. The van der Waals surface area contributed by atoms with Gasteiger partial charge in [-0.2, -0.15) is 4.73 Å². The fraction of sp³-hybridized carbons (Fsp3) is 0.133. The van der Waals surface area contributed by atoms with Crippen molar-refractivity contribution in [3.8, 4) is 17.0 Å².